The number of hydrogen-bond donors (Lipinski definition) is 2. The van der Waals surface area contributed by atoms with Crippen molar-refractivity contribution in [1.29, 1.82) is 0 Å². The summed E-state index contributed by atoms with van der Waals surface area (Å²) in [6, 6.07) is 4.15. The van der Waals surface area contributed by atoms with Crippen LogP contribution in [0.1, 0.15) is 79.5 Å². The van der Waals surface area contributed by atoms with Crippen LogP contribution in [0.15, 0.2) is 47.7 Å². The topological polar surface area (TPSA) is 169 Å². The minimum atomic E-state index is -4.59. The van der Waals surface area contributed by atoms with Gasteiger partial charge in [0.15, 0.2) is 17.4 Å². The summed E-state index contributed by atoms with van der Waals surface area (Å²) in [7, 11) is 3.20. The second-order valence-corrected chi connectivity index (χ2v) is 17.5. The average Bonchev–Trinajstić information content (AvgIpc) is 3.97. The Morgan fingerprint density at radius 2 is 1.82 bits per heavy atom. The maximum absolute atomic E-state index is 16.2. The van der Waals surface area contributed by atoms with Gasteiger partial charge in [0.25, 0.3) is 18.3 Å². The van der Waals surface area contributed by atoms with Gasteiger partial charge in [0.2, 0.25) is 11.8 Å². The number of carbonyl (C=O) groups is 3. The standard InChI is InChI=1S/C42H47F7N12O5/c1-55(30-12-14-58(22-41(30,45)46)27-4-3-5-28-35(27)56(2)40(65)61(28)29-10-11-33(62)53-39(29)64)19-23-6-8-24(9-7-23)60-20-26(34(54-60)36(43)44)51-38(63)25-18-50-59-15-13-32(52-37(25)59)57-16-17-66-31(21-57)42(47,48)49/h3-5,13,15,18,20,23-24,29-31,36H,6-12,14,16-17,19,21-22H2,1-2H3,(H,51,63)(H,53,62,64)/t23-,24-,29?,30?,31-/m0/s1. The van der Waals surface area contributed by atoms with E-state index in [2.05, 4.69) is 25.8 Å². The molecule has 0 spiro atoms. The summed E-state index contributed by atoms with van der Waals surface area (Å²) >= 11 is 0. The van der Waals surface area contributed by atoms with E-state index in [-0.39, 0.29) is 73.6 Å². The summed E-state index contributed by atoms with van der Waals surface area (Å²) in [5.74, 6) is -4.80. The number of rotatable bonds is 10. The molecular formula is C42H47F7N12O5. The number of fused-ring (bicyclic) bond motifs is 2. The Bertz CT molecular complexity index is 2720. The molecule has 1 aliphatic carbocycles. The number of ether oxygens (including phenoxy) is 1. The van der Waals surface area contributed by atoms with E-state index in [9.17, 15) is 41.1 Å². The average molecular weight is 933 g/mol. The molecule has 2 N–H and O–H groups in total. The van der Waals surface area contributed by atoms with Crippen molar-refractivity contribution >= 4 is 51.6 Å². The minimum Gasteiger partial charge on any atom is -0.365 e. The van der Waals surface area contributed by atoms with E-state index < -0.39 is 78.9 Å². The van der Waals surface area contributed by atoms with Crippen LogP contribution in [-0.2, 0) is 21.4 Å². The van der Waals surface area contributed by atoms with Crippen LogP contribution < -0.4 is 26.1 Å². The van der Waals surface area contributed by atoms with E-state index in [1.54, 1.807) is 35.0 Å². The number of morpholine rings is 1. The van der Waals surface area contributed by atoms with E-state index in [0.717, 1.165) is 0 Å². The van der Waals surface area contributed by atoms with Crippen LogP contribution in [0.3, 0.4) is 0 Å². The van der Waals surface area contributed by atoms with E-state index in [0.29, 0.717) is 48.9 Å². The van der Waals surface area contributed by atoms with Crippen LogP contribution in [-0.4, -0.2) is 127 Å². The second kappa shape index (κ2) is 17.3. The molecule has 5 aromatic rings. The SMILES string of the molecule is CN(C[C@H]1CC[C@H](n2cc(NC(=O)c3cnn4ccc(N5CCO[C@H](C(F)(F)F)C5)nc34)c(C(F)F)n2)CC1)C1CCN(c2cccc3c2n(C)c(=O)n3C2CCC(=O)NC2=O)CC1(F)F. The van der Waals surface area contributed by atoms with Crippen molar-refractivity contribution < 1.29 is 49.9 Å². The highest BCUT2D eigenvalue weighted by atomic mass is 19.4. The first-order chi connectivity index (χ1) is 31.4. The van der Waals surface area contributed by atoms with Crippen LogP contribution >= 0.6 is 0 Å². The quantitative estimate of drug-likeness (QED) is 0.141. The zero-order chi connectivity index (χ0) is 46.8. The molecule has 9 rings (SSSR count). The van der Waals surface area contributed by atoms with Gasteiger partial charge < -0.3 is 19.9 Å². The fourth-order valence-electron chi connectivity index (χ4n) is 10.00. The molecule has 4 aliphatic rings. The number of halogens is 7. The van der Waals surface area contributed by atoms with Gasteiger partial charge in [0, 0.05) is 45.5 Å². The third kappa shape index (κ3) is 8.47. The lowest BCUT2D eigenvalue weighted by Crippen LogP contribution is -2.58. The fraction of sp³-hybridized carbons (Fsp3) is 0.548. The van der Waals surface area contributed by atoms with Crippen molar-refractivity contribution in [2.75, 3.05) is 61.5 Å². The number of hydrogen-bond acceptors (Lipinski definition) is 11. The number of amides is 3. The fourth-order valence-corrected chi connectivity index (χ4v) is 10.00. The molecule has 4 aromatic heterocycles. The molecule has 3 saturated heterocycles. The summed E-state index contributed by atoms with van der Waals surface area (Å²) in [6.45, 7) is -0.541. The number of nitrogens with zero attached hydrogens (tertiary/aromatic N) is 10. The molecular weight excluding hydrogens is 886 g/mol. The number of imidazole rings is 1. The number of alkyl halides is 7. The van der Waals surface area contributed by atoms with Crippen LogP contribution in [0.4, 0.5) is 47.9 Å². The van der Waals surface area contributed by atoms with Gasteiger partial charge in [-0.2, -0.15) is 23.4 Å². The molecule has 7 heterocycles. The highest BCUT2D eigenvalue weighted by molar-refractivity contribution is 6.08. The summed E-state index contributed by atoms with van der Waals surface area (Å²) in [6.07, 6.45) is -3.13. The highest BCUT2D eigenvalue weighted by Crippen LogP contribution is 2.40. The summed E-state index contributed by atoms with van der Waals surface area (Å²) in [4.78, 5) is 60.5. The van der Waals surface area contributed by atoms with E-state index >= 15 is 8.78 Å². The van der Waals surface area contributed by atoms with Crippen LogP contribution in [0.5, 0.6) is 0 Å². The number of aryl methyl sites for hydroxylation is 1. The summed E-state index contributed by atoms with van der Waals surface area (Å²) in [5.41, 5.74) is -0.211. The van der Waals surface area contributed by atoms with Gasteiger partial charge in [0.05, 0.1) is 60.4 Å². The third-order valence-corrected chi connectivity index (χ3v) is 13.3. The summed E-state index contributed by atoms with van der Waals surface area (Å²) in [5, 5.41) is 13.0. The molecule has 24 heteroatoms. The first-order valence-electron chi connectivity index (χ1n) is 21.7. The maximum Gasteiger partial charge on any atom is 0.416 e. The number of aromatic nitrogens is 7. The molecule has 3 amide bonds. The minimum absolute atomic E-state index is 0.00242. The van der Waals surface area contributed by atoms with Crippen molar-refractivity contribution in [1.82, 2.24) is 43.7 Å². The van der Waals surface area contributed by atoms with Crippen LogP contribution in [0.25, 0.3) is 16.7 Å². The van der Waals surface area contributed by atoms with E-state index in [4.69, 9.17) is 4.74 Å². The number of nitrogens with one attached hydrogen (secondary N) is 2. The molecule has 4 fully saturated rings. The predicted molar refractivity (Wildman–Crippen MR) is 224 cm³/mol. The monoisotopic (exact) mass is 932 g/mol. The van der Waals surface area contributed by atoms with Crippen molar-refractivity contribution in [3.05, 3.63) is 64.6 Å². The molecule has 1 saturated carbocycles. The van der Waals surface area contributed by atoms with Gasteiger partial charge in [-0.3, -0.25) is 38.4 Å². The lowest BCUT2D eigenvalue weighted by atomic mass is 9.85. The lowest BCUT2D eigenvalue weighted by Gasteiger charge is -2.44. The number of benzene rings is 1. The Labute approximate surface area is 371 Å². The molecule has 3 atom stereocenters. The Morgan fingerprint density at radius 1 is 1.05 bits per heavy atom. The van der Waals surface area contributed by atoms with E-state index in [1.807, 2.05) is 0 Å². The molecule has 354 valence electrons. The number of anilines is 3. The zero-order valence-electron chi connectivity index (χ0n) is 35.9. The number of carbonyl (C=O) groups excluding carboxylic acids is 3. The van der Waals surface area contributed by atoms with Crippen molar-refractivity contribution in [2.45, 2.75) is 87.7 Å². The molecule has 3 aliphatic heterocycles. The third-order valence-electron chi connectivity index (χ3n) is 13.3. The normalized spacial score (nSPS) is 24.2. The van der Waals surface area contributed by atoms with Crippen molar-refractivity contribution in [3.8, 4) is 0 Å². The van der Waals surface area contributed by atoms with Crippen LogP contribution in [0, 0.1) is 5.92 Å². The summed E-state index contributed by atoms with van der Waals surface area (Å²) < 4.78 is 111. The molecule has 0 radical (unpaired) electrons. The van der Waals surface area contributed by atoms with E-state index in [1.165, 1.54) is 54.9 Å². The molecule has 1 aromatic carbocycles. The van der Waals surface area contributed by atoms with Gasteiger partial charge in [-0.1, -0.05) is 6.07 Å². The Hall–Kier alpha value is -6.04. The lowest BCUT2D eigenvalue weighted by molar-refractivity contribution is -0.221. The first kappa shape index (κ1) is 45.1. The molecule has 2 unspecified atom stereocenters. The van der Waals surface area contributed by atoms with Gasteiger partial charge in [-0.15, -0.1) is 0 Å². The largest absolute Gasteiger partial charge is 0.416 e. The predicted octanol–water partition coefficient (Wildman–Crippen LogP) is 5.09. The van der Waals surface area contributed by atoms with Gasteiger partial charge in [0.1, 0.15) is 17.4 Å². The van der Waals surface area contributed by atoms with Gasteiger partial charge in [-0.05, 0) is 69.7 Å². The smallest absolute Gasteiger partial charge is 0.365 e. The Morgan fingerprint density at radius 3 is 2.53 bits per heavy atom. The van der Waals surface area contributed by atoms with Crippen molar-refractivity contribution in [2.24, 2.45) is 13.0 Å². The molecule has 17 nitrogen and oxygen atoms in total. The number of imide groups is 1. The Kier molecular flexibility index (Phi) is 11.8. The van der Waals surface area contributed by atoms with Crippen LogP contribution in [0.2, 0.25) is 0 Å². The van der Waals surface area contributed by atoms with Crippen molar-refractivity contribution in [3.63, 3.8) is 0 Å². The number of piperidine rings is 2. The van der Waals surface area contributed by atoms with Gasteiger partial charge >= 0.3 is 11.9 Å². The number of para-hydroxylation sites is 1. The first-order valence-corrected chi connectivity index (χ1v) is 21.7. The molecule has 66 heavy (non-hydrogen) atoms. The molecule has 0 bridgehead atoms. The Balaban J connectivity index is 0.824. The highest BCUT2D eigenvalue weighted by Gasteiger charge is 2.48. The zero-order valence-corrected chi connectivity index (χ0v) is 35.9. The maximum atomic E-state index is 16.2. The van der Waals surface area contributed by atoms with Gasteiger partial charge in [-0.25, -0.2) is 31.9 Å². The second-order valence-electron chi connectivity index (χ2n) is 17.5.